The van der Waals surface area contributed by atoms with Crippen molar-refractivity contribution in [2.24, 2.45) is 15.7 Å². The van der Waals surface area contributed by atoms with Crippen molar-refractivity contribution in [3.8, 4) is 34.1 Å². The number of amides is 3. The van der Waals surface area contributed by atoms with Crippen molar-refractivity contribution in [1.29, 1.82) is 0 Å². The lowest BCUT2D eigenvalue weighted by molar-refractivity contribution is -0.145. The van der Waals surface area contributed by atoms with E-state index in [0.29, 0.717) is 24.8 Å². The molecule has 5 aromatic rings. The zero-order chi connectivity index (χ0) is 60.1. The number of alkyl carbamates (subject to hydrolysis) is 2. The Morgan fingerprint density at radius 3 is 1.89 bits per heavy atom. The third kappa shape index (κ3) is 21.0. The van der Waals surface area contributed by atoms with Gasteiger partial charge in [-0.05, 0) is 114 Å². The Kier molecular flexibility index (Phi) is 24.8. The Morgan fingerprint density at radius 2 is 1.34 bits per heavy atom. The Hall–Kier alpha value is -6.96. The lowest BCUT2D eigenvalue weighted by atomic mass is 9.98. The van der Waals surface area contributed by atoms with Crippen molar-refractivity contribution >= 4 is 73.7 Å². The first-order chi connectivity index (χ1) is 39.6. The molecule has 83 heavy (non-hydrogen) atoms. The van der Waals surface area contributed by atoms with Crippen molar-refractivity contribution in [2.45, 2.75) is 67.6 Å². The number of esters is 1. The highest BCUT2D eigenvalue weighted by atomic mass is 33.1. The Morgan fingerprint density at radius 1 is 0.759 bits per heavy atom. The fraction of sp³-hybridized carbons (Fsp3) is 0.345. The lowest BCUT2D eigenvalue weighted by Gasteiger charge is -2.22. The second kappa shape index (κ2) is 31.6. The molecule has 24 nitrogen and oxygen atoms in total. The highest BCUT2D eigenvalue weighted by Gasteiger charge is 2.31. The third-order valence-electron chi connectivity index (χ3n) is 12.6. The molecular weight excluding hydrogens is 1160 g/mol. The van der Waals surface area contributed by atoms with E-state index in [2.05, 4.69) is 29.7 Å². The fourth-order valence-corrected chi connectivity index (χ4v) is 11.8. The first-order valence-corrected chi connectivity index (χ1v) is 31.2. The van der Waals surface area contributed by atoms with Gasteiger partial charge in [-0.2, -0.15) is 0 Å². The number of nitrogens with two attached hydrogens (primary N) is 1. The first kappa shape index (κ1) is 65.2. The van der Waals surface area contributed by atoms with Crippen molar-refractivity contribution in [3.05, 3.63) is 137 Å². The van der Waals surface area contributed by atoms with Crippen molar-refractivity contribution in [3.63, 3.8) is 0 Å². The van der Waals surface area contributed by atoms with Gasteiger partial charge in [0.1, 0.15) is 48.9 Å². The van der Waals surface area contributed by atoms with Crippen LogP contribution in [0.3, 0.4) is 0 Å². The molecule has 5 aromatic carbocycles. The first-order valence-electron chi connectivity index (χ1n) is 25.8. The highest BCUT2D eigenvalue weighted by Crippen LogP contribution is 2.45. The number of ether oxygens (including phenoxy) is 4. The number of phenols is 2. The summed E-state index contributed by atoms with van der Waals surface area (Å²) in [6.07, 6.45) is 2.71. The third-order valence-corrected chi connectivity index (χ3v) is 15.9. The molecule has 0 heterocycles. The zero-order valence-corrected chi connectivity index (χ0v) is 48.9. The number of aromatic hydroxyl groups is 2. The predicted octanol–water partition coefficient (Wildman–Crippen LogP) is 7.23. The summed E-state index contributed by atoms with van der Waals surface area (Å²) in [5.74, 6) is -1.96. The van der Waals surface area contributed by atoms with E-state index in [1.807, 2.05) is 60.7 Å². The number of hydrogen-bond acceptors (Lipinski definition) is 19. The van der Waals surface area contributed by atoms with Crippen LogP contribution in [-0.4, -0.2) is 149 Å². The summed E-state index contributed by atoms with van der Waals surface area (Å²) < 4.78 is 54.0. The van der Waals surface area contributed by atoms with Gasteiger partial charge in [-0.25, -0.2) is 23.5 Å². The van der Waals surface area contributed by atoms with Crippen LogP contribution in [0.2, 0.25) is 0 Å². The number of carbonyl (C=O) groups is 4. The number of nitrogens with one attached hydrogen (secondary N) is 2. The quantitative estimate of drug-likeness (QED) is 0.00527. The van der Waals surface area contributed by atoms with Gasteiger partial charge in [-0.3, -0.25) is 34.4 Å². The molecule has 0 radical (unpaired) electrons. The van der Waals surface area contributed by atoms with Gasteiger partial charge < -0.3 is 59.5 Å². The molecule has 28 heteroatoms. The molecule has 3 atom stereocenters. The molecule has 0 bridgehead atoms. The monoisotopic (exact) mass is 1220 g/mol. The van der Waals surface area contributed by atoms with Gasteiger partial charge in [-0.1, -0.05) is 82.3 Å². The Bertz CT molecular complexity index is 3150. The van der Waals surface area contributed by atoms with E-state index >= 15 is 0 Å². The number of benzene rings is 5. The average molecular weight is 1230 g/mol. The van der Waals surface area contributed by atoms with E-state index in [0.717, 1.165) is 50.9 Å². The molecule has 0 spiro atoms. The van der Waals surface area contributed by atoms with E-state index in [4.69, 9.17) is 24.7 Å². The van der Waals surface area contributed by atoms with Crippen LogP contribution >= 0.6 is 37.2 Å². The molecule has 0 fully saturated rings. The lowest BCUT2D eigenvalue weighted by Crippen LogP contribution is -2.48. The van der Waals surface area contributed by atoms with E-state index in [9.17, 15) is 58.1 Å². The van der Waals surface area contributed by atoms with Gasteiger partial charge in [-0.15, -0.1) is 0 Å². The number of carbonyl (C=O) groups excluding carboxylic acids is 4. The average Bonchev–Trinajstić information content (AvgIpc) is 4.06. The van der Waals surface area contributed by atoms with Crippen molar-refractivity contribution < 1.29 is 86.1 Å². The summed E-state index contributed by atoms with van der Waals surface area (Å²) in [6.45, 7) is 0.130. The summed E-state index contributed by atoms with van der Waals surface area (Å²) in [4.78, 5) is 100. The minimum absolute atomic E-state index is 0.0390. The number of fused-ring (bicyclic) bond motifs is 3. The number of phosphoric acid groups is 2. The Labute approximate surface area is 487 Å². The molecule has 6 rings (SSSR count). The maximum atomic E-state index is 13.4. The summed E-state index contributed by atoms with van der Waals surface area (Å²) in [7, 11) is -2.77. The summed E-state index contributed by atoms with van der Waals surface area (Å²) in [5.41, 5.74) is 11.6. The predicted molar refractivity (Wildman–Crippen MR) is 312 cm³/mol. The number of rotatable bonds is 31. The second-order valence-electron chi connectivity index (χ2n) is 18.8. The molecule has 0 saturated carbocycles. The van der Waals surface area contributed by atoms with Crippen LogP contribution in [0.15, 0.2) is 118 Å². The smallest absolute Gasteiger partial charge is 0.507 e. The molecule has 1 aliphatic carbocycles. The van der Waals surface area contributed by atoms with Gasteiger partial charge in [0, 0.05) is 60.8 Å². The molecule has 3 amide bonds. The van der Waals surface area contributed by atoms with Gasteiger partial charge in [0.15, 0.2) is 0 Å². The summed E-state index contributed by atoms with van der Waals surface area (Å²) >= 11 is 0. The van der Waals surface area contributed by atoms with Crippen molar-refractivity contribution in [1.82, 2.24) is 15.5 Å². The van der Waals surface area contributed by atoms with Gasteiger partial charge in [0.2, 0.25) is 5.91 Å². The number of aliphatic imine (C=N–C) groups is 2. The van der Waals surface area contributed by atoms with Crippen LogP contribution in [0, 0.1) is 0 Å². The normalized spacial score (nSPS) is 13.4. The van der Waals surface area contributed by atoms with Crippen LogP contribution in [0.4, 0.5) is 9.59 Å². The standard InChI is InChI=1S/C55H66N6O18P2S2/c1-61(2)53(65)48(60-55(67)77-32-45-43-12-6-4-10-41(43)42-11-5-7-13-44(42)45)34-82-83-51-21-16-35(26-36(51)22-25-75-33-52(64)74-3)31-76-54(66)57-24-9-15-47(59-30-38-28-40(18-20-50(38)63)79-81(71,72)73)46(14-8-23-56)58-29-37-27-39(17-19-49(37)62)78-80(68,69)70/h4-7,10-13,16-21,26-30,45-48,62-63H,8-9,14-15,22-25,31-34,56H2,1-3H3,(H,57,66)(H,60,67)(H2,68,69,70)(H2,71,72,73). The fourth-order valence-electron chi connectivity index (χ4n) is 8.60. The number of likely N-dealkylation sites (N-methyl/N-ethyl adjacent to an activating group) is 1. The van der Waals surface area contributed by atoms with Crippen LogP contribution < -0.4 is 25.4 Å². The highest BCUT2D eigenvalue weighted by molar-refractivity contribution is 8.76. The van der Waals surface area contributed by atoms with E-state index in [1.165, 1.54) is 64.2 Å². The minimum Gasteiger partial charge on any atom is -0.507 e. The van der Waals surface area contributed by atoms with Crippen LogP contribution in [0.1, 0.15) is 65.0 Å². The maximum Gasteiger partial charge on any atom is 0.524 e. The van der Waals surface area contributed by atoms with E-state index in [-0.39, 0.29) is 104 Å². The number of phosphoric ester groups is 2. The zero-order valence-electron chi connectivity index (χ0n) is 45.5. The van der Waals surface area contributed by atoms with E-state index in [1.54, 1.807) is 20.2 Å². The minimum atomic E-state index is -4.96. The molecule has 0 aromatic heterocycles. The number of phenolic OH excluding ortho intramolecular Hbond substituents is 2. The topological polar surface area (TPSA) is 357 Å². The molecule has 0 aliphatic heterocycles. The summed E-state index contributed by atoms with van der Waals surface area (Å²) in [6, 6.07) is 26.0. The number of nitrogens with zero attached hydrogens (tertiary/aromatic N) is 3. The SMILES string of the molecule is COC(=O)COCCc1cc(COC(=O)NCCCC(N=Cc2cc(OP(=O)(O)O)ccc2O)C(CCCN)N=Cc2cc(OP(=O)(O)O)ccc2O)ccc1SSCC(NC(=O)OCC1c2ccccc2-c2ccccc21)C(=O)N(C)C. The van der Waals surface area contributed by atoms with E-state index < -0.39 is 51.9 Å². The molecular formula is C55H66N6O18P2S2. The summed E-state index contributed by atoms with van der Waals surface area (Å²) in [5, 5.41) is 26.7. The van der Waals surface area contributed by atoms with Crippen LogP contribution in [0.5, 0.6) is 23.0 Å². The molecule has 3 unspecified atom stereocenters. The molecule has 0 saturated heterocycles. The van der Waals surface area contributed by atoms with Crippen LogP contribution in [-0.2, 0) is 50.7 Å². The van der Waals surface area contributed by atoms with Gasteiger partial charge in [0.25, 0.3) is 0 Å². The second-order valence-corrected chi connectivity index (χ2v) is 23.5. The molecule has 1 aliphatic rings. The van der Waals surface area contributed by atoms with Gasteiger partial charge in [0.05, 0.1) is 25.8 Å². The number of hydrogen-bond donors (Lipinski definition) is 9. The molecule has 10 N–H and O–H groups in total. The van der Waals surface area contributed by atoms with Crippen LogP contribution in [0.25, 0.3) is 11.1 Å². The van der Waals surface area contributed by atoms with Gasteiger partial charge >= 0.3 is 33.8 Å². The molecule has 446 valence electrons. The maximum absolute atomic E-state index is 13.4. The Balaban J connectivity index is 1.09. The number of methoxy groups -OCH3 is 1. The van der Waals surface area contributed by atoms with Crippen molar-refractivity contribution in [2.75, 3.05) is 59.9 Å². The largest absolute Gasteiger partial charge is 0.524 e.